The third kappa shape index (κ3) is 4.01. The number of piperidine rings is 1. The third-order valence-corrected chi connectivity index (χ3v) is 3.75. The quantitative estimate of drug-likeness (QED) is 0.676. The molecule has 0 aliphatic carbocycles. The fourth-order valence-electron chi connectivity index (χ4n) is 2.60. The average Bonchev–Trinajstić information content (AvgIpc) is 2.48. The van der Waals surface area contributed by atoms with Crippen LogP contribution in [0.3, 0.4) is 0 Å². The molecule has 0 aromatic heterocycles. The van der Waals surface area contributed by atoms with Crippen LogP contribution in [0.5, 0.6) is 0 Å². The van der Waals surface area contributed by atoms with Crippen LogP contribution in [0, 0.1) is 5.92 Å². The molecule has 1 aromatic rings. The van der Waals surface area contributed by atoms with E-state index in [2.05, 4.69) is 0 Å². The molecule has 3 atom stereocenters. The highest BCUT2D eigenvalue weighted by atomic mass is 16.5. The summed E-state index contributed by atoms with van der Waals surface area (Å²) in [6.07, 6.45) is -1.01. The number of aliphatic hydroxyl groups excluding tert-OH is 3. The number of ether oxygens (including phenoxy) is 1. The van der Waals surface area contributed by atoms with E-state index in [-0.39, 0.29) is 25.2 Å². The van der Waals surface area contributed by atoms with Gasteiger partial charge in [-0.1, -0.05) is 30.3 Å². The lowest BCUT2D eigenvalue weighted by molar-refractivity contribution is -0.122. The van der Waals surface area contributed by atoms with Gasteiger partial charge in [0.25, 0.3) is 0 Å². The van der Waals surface area contributed by atoms with E-state index in [0.29, 0.717) is 26.2 Å². The van der Waals surface area contributed by atoms with Crippen LogP contribution in [0.1, 0.15) is 5.56 Å². The standard InChI is InChI=1S/C15H23NO4/c17-7-6-16-8-13(10-18)15(19)14(9-16)20-11-12-4-2-1-3-5-12/h1-5,13-15,17-19H,6-11H2/t13-,14-,15-/m1/s1. The molecule has 3 N–H and O–H groups in total. The summed E-state index contributed by atoms with van der Waals surface area (Å²) in [4.78, 5) is 2.02. The molecule has 0 saturated carbocycles. The lowest BCUT2D eigenvalue weighted by Gasteiger charge is -2.40. The Kier molecular flexibility index (Phi) is 5.94. The Labute approximate surface area is 119 Å². The highest BCUT2D eigenvalue weighted by molar-refractivity contribution is 5.13. The molecule has 112 valence electrons. The third-order valence-electron chi connectivity index (χ3n) is 3.75. The Hall–Kier alpha value is -0.980. The molecular weight excluding hydrogens is 258 g/mol. The Morgan fingerprint density at radius 1 is 1.15 bits per heavy atom. The average molecular weight is 281 g/mol. The minimum absolute atomic E-state index is 0.0691. The minimum Gasteiger partial charge on any atom is -0.396 e. The fourth-order valence-corrected chi connectivity index (χ4v) is 2.60. The van der Waals surface area contributed by atoms with Crippen molar-refractivity contribution in [3.8, 4) is 0 Å². The highest BCUT2D eigenvalue weighted by Gasteiger charge is 2.35. The lowest BCUT2D eigenvalue weighted by Crippen LogP contribution is -2.54. The summed E-state index contributed by atoms with van der Waals surface area (Å²) in [5.41, 5.74) is 1.06. The SMILES string of the molecule is OCCN1C[C@H](CO)[C@@H](O)[C@H](OCc2ccccc2)C1. The van der Waals surface area contributed by atoms with Gasteiger partial charge in [-0.25, -0.2) is 0 Å². The summed E-state index contributed by atoms with van der Waals surface area (Å²) in [5, 5.41) is 28.6. The molecule has 2 rings (SSSR count). The summed E-state index contributed by atoms with van der Waals surface area (Å²) >= 11 is 0. The smallest absolute Gasteiger partial charge is 0.0969 e. The van der Waals surface area contributed by atoms with Crippen LogP contribution < -0.4 is 0 Å². The molecule has 1 aromatic carbocycles. The summed E-state index contributed by atoms with van der Waals surface area (Å²) in [6.45, 7) is 2.13. The molecule has 1 heterocycles. The van der Waals surface area contributed by atoms with E-state index in [1.807, 2.05) is 35.2 Å². The molecule has 20 heavy (non-hydrogen) atoms. The zero-order valence-electron chi connectivity index (χ0n) is 11.6. The van der Waals surface area contributed by atoms with Gasteiger partial charge in [0, 0.05) is 32.2 Å². The molecule has 0 bridgehead atoms. The first-order valence-electron chi connectivity index (χ1n) is 7.02. The van der Waals surface area contributed by atoms with Crippen molar-refractivity contribution in [2.24, 2.45) is 5.92 Å². The number of nitrogens with zero attached hydrogens (tertiary/aromatic N) is 1. The van der Waals surface area contributed by atoms with Crippen molar-refractivity contribution in [3.05, 3.63) is 35.9 Å². The van der Waals surface area contributed by atoms with Gasteiger partial charge in [0.1, 0.15) is 0 Å². The van der Waals surface area contributed by atoms with Crippen LogP contribution in [0.2, 0.25) is 0 Å². The van der Waals surface area contributed by atoms with Gasteiger partial charge in [0.05, 0.1) is 25.4 Å². The van der Waals surface area contributed by atoms with Crippen molar-refractivity contribution in [1.82, 2.24) is 4.90 Å². The van der Waals surface area contributed by atoms with Crippen molar-refractivity contribution >= 4 is 0 Å². The number of hydrogen-bond donors (Lipinski definition) is 3. The van der Waals surface area contributed by atoms with Crippen molar-refractivity contribution in [2.75, 3.05) is 32.8 Å². The van der Waals surface area contributed by atoms with E-state index in [9.17, 15) is 10.2 Å². The first-order chi connectivity index (χ1) is 9.74. The van der Waals surface area contributed by atoms with E-state index < -0.39 is 6.10 Å². The summed E-state index contributed by atoms with van der Waals surface area (Å²) < 4.78 is 5.81. The monoisotopic (exact) mass is 281 g/mol. The number of hydrogen-bond acceptors (Lipinski definition) is 5. The Morgan fingerprint density at radius 2 is 1.90 bits per heavy atom. The van der Waals surface area contributed by atoms with Crippen LogP contribution in [-0.4, -0.2) is 65.3 Å². The molecule has 0 amide bonds. The van der Waals surface area contributed by atoms with E-state index in [4.69, 9.17) is 9.84 Å². The fraction of sp³-hybridized carbons (Fsp3) is 0.600. The van der Waals surface area contributed by atoms with E-state index in [0.717, 1.165) is 5.56 Å². The zero-order chi connectivity index (χ0) is 14.4. The number of β-amino-alcohol motifs (C(OH)–C–C–N with tert-alkyl or cyclic N) is 1. The second-order valence-electron chi connectivity index (χ2n) is 5.25. The van der Waals surface area contributed by atoms with E-state index >= 15 is 0 Å². The maximum absolute atomic E-state index is 10.2. The van der Waals surface area contributed by atoms with Crippen molar-refractivity contribution in [2.45, 2.75) is 18.8 Å². The summed E-state index contributed by atoms with van der Waals surface area (Å²) in [7, 11) is 0. The first kappa shape index (κ1) is 15.4. The maximum atomic E-state index is 10.2. The predicted molar refractivity (Wildman–Crippen MR) is 75.1 cm³/mol. The molecule has 1 fully saturated rings. The van der Waals surface area contributed by atoms with Crippen molar-refractivity contribution in [1.29, 1.82) is 0 Å². The van der Waals surface area contributed by atoms with Gasteiger partial charge in [-0.2, -0.15) is 0 Å². The van der Waals surface area contributed by atoms with Crippen molar-refractivity contribution in [3.63, 3.8) is 0 Å². The number of rotatable bonds is 6. The van der Waals surface area contributed by atoms with Crippen LogP contribution in [0.25, 0.3) is 0 Å². The van der Waals surface area contributed by atoms with Crippen LogP contribution >= 0.6 is 0 Å². The number of aliphatic hydroxyl groups is 3. The van der Waals surface area contributed by atoms with Gasteiger partial charge in [-0.05, 0) is 5.56 Å². The molecule has 5 nitrogen and oxygen atoms in total. The molecule has 0 unspecified atom stereocenters. The molecule has 1 aliphatic rings. The summed E-state index contributed by atoms with van der Waals surface area (Å²) in [6, 6.07) is 9.80. The van der Waals surface area contributed by atoms with Crippen LogP contribution in [-0.2, 0) is 11.3 Å². The molecule has 0 radical (unpaired) electrons. The number of likely N-dealkylation sites (tertiary alicyclic amines) is 1. The second-order valence-corrected chi connectivity index (χ2v) is 5.25. The molecular formula is C15H23NO4. The largest absolute Gasteiger partial charge is 0.396 e. The topological polar surface area (TPSA) is 73.2 Å². The van der Waals surface area contributed by atoms with Gasteiger partial charge >= 0.3 is 0 Å². The Balaban J connectivity index is 1.93. The van der Waals surface area contributed by atoms with Gasteiger partial charge in [-0.15, -0.1) is 0 Å². The molecule has 1 aliphatic heterocycles. The summed E-state index contributed by atoms with van der Waals surface area (Å²) in [5.74, 6) is -0.226. The van der Waals surface area contributed by atoms with Gasteiger partial charge in [0.2, 0.25) is 0 Å². The first-order valence-corrected chi connectivity index (χ1v) is 7.02. The Bertz CT molecular complexity index is 387. The van der Waals surface area contributed by atoms with E-state index in [1.165, 1.54) is 0 Å². The number of benzene rings is 1. The zero-order valence-corrected chi connectivity index (χ0v) is 11.6. The van der Waals surface area contributed by atoms with E-state index in [1.54, 1.807) is 0 Å². The van der Waals surface area contributed by atoms with Gasteiger partial charge < -0.3 is 20.1 Å². The lowest BCUT2D eigenvalue weighted by atomic mass is 9.93. The van der Waals surface area contributed by atoms with Crippen molar-refractivity contribution < 1.29 is 20.1 Å². The predicted octanol–water partition coefficient (Wildman–Crippen LogP) is -0.151. The molecule has 1 saturated heterocycles. The Morgan fingerprint density at radius 3 is 2.55 bits per heavy atom. The van der Waals surface area contributed by atoms with Gasteiger partial charge in [-0.3, -0.25) is 4.90 Å². The minimum atomic E-state index is -0.668. The maximum Gasteiger partial charge on any atom is 0.0969 e. The molecule has 5 heteroatoms. The van der Waals surface area contributed by atoms with Crippen LogP contribution in [0.15, 0.2) is 30.3 Å². The van der Waals surface area contributed by atoms with Gasteiger partial charge in [0.15, 0.2) is 0 Å². The highest BCUT2D eigenvalue weighted by Crippen LogP contribution is 2.20. The van der Waals surface area contributed by atoms with Crippen LogP contribution in [0.4, 0.5) is 0 Å². The second kappa shape index (κ2) is 7.71. The molecule has 0 spiro atoms. The normalized spacial score (nSPS) is 27.6.